The number of aliphatic hydroxyl groups excluding tert-OH is 3. The highest BCUT2D eigenvalue weighted by Gasteiger charge is 2.49. The molecule has 1 aliphatic carbocycles. The highest BCUT2D eigenvalue weighted by atomic mass is 16.7. The first-order valence-electron chi connectivity index (χ1n) is 11.7. The molecule has 34 heavy (non-hydrogen) atoms. The Balaban J connectivity index is 0.00000281. The standard InChI is InChI=1S/C19H40N6O7.CH5N/c1-2-12(26)25-10-7-9(22)17(16(29)18(10)30-6-5-24-4-3-20)32-19-13(23)15(28)14(27)11(8-21)31-19;1-2/h9-11,13-19,24,27-29H,2-8,20-23H2,1H3,(H,25,26);2H2,1H3. The Morgan fingerprint density at radius 2 is 1.74 bits per heavy atom. The summed E-state index contributed by atoms with van der Waals surface area (Å²) in [6.45, 7) is 3.54. The van der Waals surface area contributed by atoms with Gasteiger partial charge in [-0.2, -0.15) is 0 Å². The number of hydrogen-bond acceptors (Lipinski definition) is 13. The van der Waals surface area contributed by atoms with Crippen molar-refractivity contribution in [2.24, 2.45) is 28.7 Å². The smallest absolute Gasteiger partial charge is 0.220 e. The predicted octanol–water partition coefficient (Wildman–Crippen LogP) is -5.40. The van der Waals surface area contributed by atoms with Gasteiger partial charge in [0.1, 0.15) is 36.6 Å². The van der Waals surface area contributed by atoms with Crippen LogP contribution in [0.3, 0.4) is 0 Å². The molecule has 1 saturated heterocycles. The lowest BCUT2D eigenvalue weighted by molar-refractivity contribution is -0.289. The summed E-state index contributed by atoms with van der Waals surface area (Å²) in [5.74, 6) is -0.191. The molecule has 1 saturated carbocycles. The maximum Gasteiger partial charge on any atom is 0.220 e. The Morgan fingerprint density at radius 3 is 2.32 bits per heavy atom. The molecule has 0 radical (unpaired) electrons. The Labute approximate surface area is 200 Å². The maximum atomic E-state index is 12.0. The van der Waals surface area contributed by atoms with E-state index in [-0.39, 0.29) is 31.9 Å². The second-order valence-corrected chi connectivity index (χ2v) is 8.23. The second kappa shape index (κ2) is 15.9. The van der Waals surface area contributed by atoms with Gasteiger partial charge in [-0.05, 0) is 13.5 Å². The Kier molecular flexibility index (Phi) is 14.5. The number of carbonyl (C=O) groups excluding carboxylic acids is 1. The predicted molar refractivity (Wildman–Crippen MR) is 125 cm³/mol. The van der Waals surface area contributed by atoms with Gasteiger partial charge in [-0.3, -0.25) is 4.79 Å². The zero-order chi connectivity index (χ0) is 25.8. The fourth-order valence-corrected chi connectivity index (χ4v) is 4.00. The topological polar surface area (TPSA) is 260 Å². The number of ether oxygens (including phenoxy) is 3. The third-order valence-electron chi connectivity index (χ3n) is 5.87. The molecule has 14 nitrogen and oxygen atoms in total. The first-order chi connectivity index (χ1) is 16.2. The third-order valence-corrected chi connectivity index (χ3v) is 5.87. The van der Waals surface area contributed by atoms with E-state index in [1.165, 1.54) is 7.05 Å². The lowest BCUT2D eigenvalue weighted by Gasteiger charge is -2.47. The summed E-state index contributed by atoms with van der Waals surface area (Å²) in [4.78, 5) is 12.0. The number of carbonyl (C=O) groups is 1. The van der Waals surface area contributed by atoms with Gasteiger partial charge < -0.3 is 68.8 Å². The molecule has 1 heterocycles. The van der Waals surface area contributed by atoms with Crippen molar-refractivity contribution >= 4 is 5.91 Å². The van der Waals surface area contributed by atoms with Crippen LogP contribution >= 0.6 is 0 Å². The minimum atomic E-state index is -1.32. The Hall–Kier alpha value is -1.01. The Bertz CT molecular complexity index is 577. The van der Waals surface area contributed by atoms with E-state index in [0.29, 0.717) is 19.6 Å². The first-order valence-corrected chi connectivity index (χ1v) is 11.7. The largest absolute Gasteiger partial charge is 0.388 e. The molecular weight excluding hydrogens is 450 g/mol. The van der Waals surface area contributed by atoms with Crippen LogP contribution in [0.15, 0.2) is 0 Å². The molecule has 10 atom stereocenters. The molecule has 2 aliphatic rings. The molecule has 0 aromatic carbocycles. The van der Waals surface area contributed by atoms with E-state index in [1.807, 2.05) is 0 Å². The summed E-state index contributed by atoms with van der Waals surface area (Å²) in [6, 6.07) is -2.28. The van der Waals surface area contributed by atoms with Crippen LogP contribution in [-0.2, 0) is 19.0 Å². The van der Waals surface area contributed by atoms with Crippen LogP contribution < -0.4 is 39.3 Å². The molecule has 0 aromatic heterocycles. The van der Waals surface area contributed by atoms with Gasteiger partial charge in [0.25, 0.3) is 0 Å². The van der Waals surface area contributed by atoms with Crippen molar-refractivity contribution in [3.63, 3.8) is 0 Å². The van der Waals surface area contributed by atoms with Crippen LogP contribution in [0.2, 0.25) is 0 Å². The second-order valence-electron chi connectivity index (χ2n) is 8.23. The summed E-state index contributed by atoms with van der Waals surface area (Å²) in [7, 11) is 1.50. The molecule has 0 aromatic rings. The van der Waals surface area contributed by atoms with Crippen LogP contribution in [0.5, 0.6) is 0 Å². The first kappa shape index (κ1) is 31.0. The quantitative estimate of drug-likeness (QED) is 0.120. The summed E-state index contributed by atoms with van der Waals surface area (Å²) >= 11 is 0. The summed E-state index contributed by atoms with van der Waals surface area (Å²) in [5, 5.41) is 37.3. The summed E-state index contributed by atoms with van der Waals surface area (Å²) < 4.78 is 17.4. The van der Waals surface area contributed by atoms with E-state index in [1.54, 1.807) is 6.92 Å². The van der Waals surface area contributed by atoms with E-state index in [0.717, 1.165) is 0 Å². The van der Waals surface area contributed by atoms with Gasteiger partial charge in [0.2, 0.25) is 5.91 Å². The average Bonchev–Trinajstić information content (AvgIpc) is 2.84. The lowest BCUT2D eigenvalue weighted by Crippen LogP contribution is -2.68. The average molecular weight is 496 g/mol. The molecule has 1 aliphatic heterocycles. The highest BCUT2D eigenvalue weighted by Crippen LogP contribution is 2.29. The van der Waals surface area contributed by atoms with E-state index in [2.05, 4.69) is 16.4 Å². The maximum absolute atomic E-state index is 12.0. The van der Waals surface area contributed by atoms with Crippen LogP contribution in [0.25, 0.3) is 0 Å². The van der Waals surface area contributed by atoms with Crippen LogP contribution in [0.1, 0.15) is 19.8 Å². The van der Waals surface area contributed by atoms with Gasteiger partial charge in [0.15, 0.2) is 6.29 Å². The third kappa shape index (κ3) is 8.29. The van der Waals surface area contributed by atoms with Gasteiger partial charge in [-0.15, -0.1) is 0 Å². The van der Waals surface area contributed by atoms with Crippen molar-refractivity contribution in [3.05, 3.63) is 0 Å². The minimum Gasteiger partial charge on any atom is -0.388 e. The molecule has 15 N–H and O–H groups in total. The number of nitrogens with two attached hydrogens (primary N) is 5. The zero-order valence-corrected chi connectivity index (χ0v) is 20.1. The molecule has 10 unspecified atom stereocenters. The van der Waals surface area contributed by atoms with Crippen LogP contribution in [0, 0.1) is 0 Å². The number of aliphatic hydroxyl groups is 3. The molecule has 1 amide bonds. The fourth-order valence-electron chi connectivity index (χ4n) is 4.00. The molecule has 0 spiro atoms. The lowest BCUT2D eigenvalue weighted by atomic mass is 9.83. The van der Waals surface area contributed by atoms with Gasteiger partial charge in [-0.25, -0.2) is 0 Å². The van der Waals surface area contributed by atoms with Gasteiger partial charge in [0, 0.05) is 38.6 Å². The van der Waals surface area contributed by atoms with Crippen molar-refractivity contribution in [1.82, 2.24) is 10.6 Å². The van der Waals surface area contributed by atoms with Gasteiger partial charge in [0.05, 0.1) is 18.7 Å². The number of nitrogens with one attached hydrogen (secondary N) is 2. The number of hydrogen-bond donors (Lipinski definition) is 10. The summed E-state index contributed by atoms with van der Waals surface area (Å²) in [6.07, 6.45) is -7.03. The van der Waals surface area contributed by atoms with Gasteiger partial charge in [-0.1, -0.05) is 6.92 Å². The number of rotatable bonds is 11. The Morgan fingerprint density at radius 1 is 1.06 bits per heavy atom. The highest BCUT2D eigenvalue weighted by molar-refractivity contribution is 5.75. The van der Waals surface area contributed by atoms with Gasteiger partial charge >= 0.3 is 0 Å². The van der Waals surface area contributed by atoms with E-state index in [4.69, 9.17) is 37.1 Å². The molecule has 202 valence electrons. The van der Waals surface area contributed by atoms with E-state index >= 15 is 0 Å². The number of amides is 1. The van der Waals surface area contributed by atoms with E-state index in [9.17, 15) is 20.1 Å². The van der Waals surface area contributed by atoms with Crippen molar-refractivity contribution in [1.29, 1.82) is 0 Å². The molecule has 0 bridgehead atoms. The van der Waals surface area contributed by atoms with Crippen LogP contribution in [-0.4, -0.2) is 122 Å². The van der Waals surface area contributed by atoms with Crippen molar-refractivity contribution in [2.75, 3.05) is 39.8 Å². The SMILES string of the molecule is CCC(=O)NC1CC(N)C(OC2OC(CN)C(O)C(O)C2N)C(O)C1OCCNCCN.CN. The molecule has 14 heteroatoms. The molecule has 2 rings (SSSR count). The van der Waals surface area contributed by atoms with Crippen molar-refractivity contribution in [3.8, 4) is 0 Å². The van der Waals surface area contributed by atoms with Crippen molar-refractivity contribution in [2.45, 2.75) is 80.8 Å². The van der Waals surface area contributed by atoms with E-state index < -0.39 is 61.0 Å². The van der Waals surface area contributed by atoms with Crippen molar-refractivity contribution < 1.29 is 34.3 Å². The normalized spacial score (nSPS) is 38.1. The van der Waals surface area contributed by atoms with Crippen LogP contribution in [0.4, 0.5) is 0 Å². The molecular formula is C20H45N7O7. The molecule has 2 fully saturated rings. The minimum absolute atomic E-state index is 0.0588. The fraction of sp³-hybridized carbons (Fsp3) is 0.950. The zero-order valence-electron chi connectivity index (χ0n) is 20.1. The summed E-state index contributed by atoms with van der Waals surface area (Å²) in [5.41, 5.74) is 27.8. The monoisotopic (exact) mass is 495 g/mol.